The molecule has 6 heteroatoms. The molecule has 0 heterocycles. The molecular weight excluding hydrogens is 289 g/mol. The quantitative estimate of drug-likeness (QED) is 0.865. The van der Waals surface area contributed by atoms with Gasteiger partial charge >= 0.3 is 6.09 Å². The third kappa shape index (κ3) is 9.33. The van der Waals surface area contributed by atoms with Crippen LogP contribution in [0.4, 0.5) is 4.79 Å². The predicted octanol–water partition coefficient (Wildman–Crippen LogP) is 3.75. The number of ether oxygens (including phenoxy) is 1. The number of hydrogen-bond acceptors (Lipinski definition) is 3. The summed E-state index contributed by atoms with van der Waals surface area (Å²) in [6.07, 6.45) is 0.422. The lowest BCUT2D eigenvalue weighted by Gasteiger charge is -2.05. The van der Waals surface area contributed by atoms with Crippen molar-refractivity contribution < 1.29 is 14.3 Å². The van der Waals surface area contributed by atoms with Gasteiger partial charge < -0.3 is 4.74 Å². The Morgan fingerprint density at radius 2 is 1.95 bits per heavy atom. The van der Waals surface area contributed by atoms with Crippen molar-refractivity contribution in [1.82, 2.24) is 5.32 Å². The zero-order valence-corrected chi connectivity index (χ0v) is 12.4. The minimum atomic E-state index is -0.828. The molecule has 1 aromatic carbocycles. The van der Waals surface area contributed by atoms with Gasteiger partial charge in [0.1, 0.15) is 12.5 Å². The number of hydrogen-bond donors (Lipinski definition) is 1. The molecule has 1 N–H and O–H groups in total. The number of amides is 2. The number of alkyl carbamates (subject to hydrolysis) is 1. The van der Waals surface area contributed by atoms with Gasteiger partial charge in [0.05, 0.1) is 0 Å². The van der Waals surface area contributed by atoms with Crippen LogP contribution in [0.1, 0.15) is 25.8 Å². The van der Waals surface area contributed by atoms with E-state index in [0.29, 0.717) is 5.02 Å². The summed E-state index contributed by atoms with van der Waals surface area (Å²) in [6, 6.07) is 6.87. The van der Waals surface area contributed by atoms with E-state index in [9.17, 15) is 9.59 Å². The van der Waals surface area contributed by atoms with Gasteiger partial charge in [-0.3, -0.25) is 10.1 Å². The molecule has 0 aromatic heterocycles. The highest BCUT2D eigenvalue weighted by Gasteiger charge is 2.07. The van der Waals surface area contributed by atoms with Gasteiger partial charge in [0.15, 0.2) is 0 Å². The van der Waals surface area contributed by atoms with Crippen LogP contribution in [0.25, 0.3) is 0 Å². The Morgan fingerprint density at radius 1 is 1.32 bits per heavy atom. The summed E-state index contributed by atoms with van der Waals surface area (Å²) < 4.78 is 4.77. The predicted molar refractivity (Wildman–Crippen MR) is 76.5 cm³/mol. The number of carbonyl (C=O) groups excluding carboxylic acids is 2. The topological polar surface area (TPSA) is 55.4 Å². The second-order valence-corrected chi connectivity index (χ2v) is 4.30. The summed E-state index contributed by atoms with van der Waals surface area (Å²) in [5.41, 5.74) is 0.737. The molecule has 0 aliphatic carbocycles. The lowest BCUT2D eigenvalue weighted by molar-refractivity contribution is -0.118. The lowest BCUT2D eigenvalue weighted by Crippen LogP contribution is -2.31. The number of benzene rings is 1. The first-order valence-corrected chi connectivity index (χ1v) is 6.71. The van der Waals surface area contributed by atoms with E-state index in [0.717, 1.165) is 5.56 Å². The van der Waals surface area contributed by atoms with Crippen molar-refractivity contribution in [3.8, 4) is 0 Å². The van der Waals surface area contributed by atoms with Crippen molar-refractivity contribution >= 4 is 35.2 Å². The summed E-state index contributed by atoms with van der Waals surface area (Å²) >= 11 is 10.9. The van der Waals surface area contributed by atoms with Crippen molar-refractivity contribution in [3.63, 3.8) is 0 Å². The summed E-state index contributed by atoms with van der Waals surface area (Å²) in [5, 5.41) is 2.50. The smallest absolute Gasteiger partial charge is 0.414 e. The Hall–Kier alpha value is -1.26. The molecule has 0 aliphatic heterocycles. The van der Waals surface area contributed by atoms with Gasteiger partial charge in [-0.05, 0) is 17.7 Å². The molecule has 0 unspecified atom stereocenters. The van der Waals surface area contributed by atoms with E-state index < -0.39 is 12.0 Å². The van der Waals surface area contributed by atoms with Crippen LogP contribution in [0.3, 0.4) is 0 Å². The molecular formula is C13H17Cl2NO3. The maximum Gasteiger partial charge on any atom is 0.414 e. The molecule has 0 radical (unpaired) electrons. The number of halogens is 2. The van der Waals surface area contributed by atoms with Crippen LogP contribution in [0.15, 0.2) is 24.3 Å². The fourth-order valence-corrected chi connectivity index (χ4v) is 1.24. The molecule has 0 saturated carbocycles. The maximum atomic E-state index is 11.0. The minimum Gasteiger partial charge on any atom is -0.444 e. The standard InChI is InChI=1S/C10H9Cl2NO3.C3H8/c11-5-9(14)13-10(15)16-6-7-2-1-3-8(12)4-7;1-3-2/h1-4H,5-6H2,(H,13,14,15);3H2,1-2H3. The van der Waals surface area contributed by atoms with E-state index >= 15 is 0 Å². The summed E-state index contributed by atoms with van der Waals surface area (Å²) in [4.78, 5) is 21.7. The van der Waals surface area contributed by atoms with Crippen molar-refractivity contribution in [3.05, 3.63) is 34.9 Å². The van der Waals surface area contributed by atoms with Gasteiger partial charge in [-0.2, -0.15) is 0 Å². The van der Waals surface area contributed by atoms with Gasteiger partial charge in [0.2, 0.25) is 5.91 Å². The van der Waals surface area contributed by atoms with Gasteiger partial charge in [-0.1, -0.05) is 44.0 Å². The van der Waals surface area contributed by atoms with Crippen LogP contribution in [-0.2, 0) is 16.1 Å². The molecule has 106 valence electrons. The highest BCUT2D eigenvalue weighted by atomic mass is 35.5. The largest absolute Gasteiger partial charge is 0.444 e. The molecule has 0 bridgehead atoms. The highest BCUT2D eigenvalue weighted by molar-refractivity contribution is 6.30. The fourth-order valence-electron chi connectivity index (χ4n) is 0.959. The van der Waals surface area contributed by atoms with Gasteiger partial charge in [-0.15, -0.1) is 11.6 Å². The first-order chi connectivity index (χ1) is 9.03. The number of rotatable bonds is 3. The number of alkyl halides is 1. The van der Waals surface area contributed by atoms with E-state index in [2.05, 4.69) is 13.8 Å². The second kappa shape index (κ2) is 10.6. The Balaban J connectivity index is 0.000000982. The Bertz CT molecular complexity index is 411. The van der Waals surface area contributed by atoms with Gasteiger partial charge in [0.25, 0.3) is 0 Å². The van der Waals surface area contributed by atoms with Crippen LogP contribution in [0.5, 0.6) is 0 Å². The normalized spacial score (nSPS) is 9.05. The van der Waals surface area contributed by atoms with E-state index in [4.69, 9.17) is 27.9 Å². The molecule has 0 spiro atoms. The summed E-state index contributed by atoms with van der Waals surface area (Å²) in [6.45, 7) is 4.29. The molecule has 4 nitrogen and oxygen atoms in total. The van der Waals surface area contributed by atoms with Gasteiger partial charge in [0, 0.05) is 5.02 Å². The van der Waals surface area contributed by atoms with E-state index in [1.54, 1.807) is 24.3 Å². The highest BCUT2D eigenvalue weighted by Crippen LogP contribution is 2.11. The zero-order chi connectivity index (χ0) is 14.7. The molecule has 0 atom stereocenters. The Labute approximate surface area is 123 Å². The molecule has 1 rings (SSSR count). The van der Waals surface area contributed by atoms with Crippen LogP contribution >= 0.6 is 23.2 Å². The first-order valence-electron chi connectivity index (χ1n) is 5.80. The molecule has 0 aliphatic rings. The summed E-state index contributed by atoms with van der Waals surface area (Å²) in [5.74, 6) is -0.885. The summed E-state index contributed by atoms with van der Waals surface area (Å²) in [7, 11) is 0. The van der Waals surface area contributed by atoms with Crippen molar-refractivity contribution in [2.24, 2.45) is 0 Å². The third-order valence-electron chi connectivity index (χ3n) is 1.62. The molecule has 1 aromatic rings. The molecule has 2 amide bonds. The number of nitrogens with one attached hydrogen (secondary N) is 1. The average Bonchev–Trinajstić information content (AvgIpc) is 2.37. The zero-order valence-electron chi connectivity index (χ0n) is 10.9. The van der Waals surface area contributed by atoms with Crippen molar-refractivity contribution in [1.29, 1.82) is 0 Å². The third-order valence-corrected chi connectivity index (χ3v) is 2.10. The van der Waals surface area contributed by atoms with Crippen molar-refractivity contribution in [2.45, 2.75) is 26.9 Å². The number of imide groups is 1. The Kier molecular flexibility index (Phi) is 9.94. The fraction of sp³-hybridized carbons (Fsp3) is 0.385. The first kappa shape index (κ1) is 17.7. The monoisotopic (exact) mass is 305 g/mol. The lowest BCUT2D eigenvalue weighted by atomic mass is 10.2. The van der Waals surface area contributed by atoms with Crippen LogP contribution < -0.4 is 5.32 Å². The minimum absolute atomic E-state index is 0.0436. The molecule has 19 heavy (non-hydrogen) atoms. The second-order valence-electron chi connectivity index (χ2n) is 3.59. The maximum absolute atomic E-state index is 11.0. The van der Waals surface area contributed by atoms with E-state index in [-0.39, 0.29) is 12.5 Å². The Morgan fingerprint density at radius 3 is 2.47 bits per heavy atom. The molecule has 0 saturated heterocycles. The average molecular weight is 306 g/mol. The number of carbonyl (C=O) groups is 2. The SMILES string of the molecule is CCC.O=C(CCl)NC(=O)OCc1cccc(Cl)c1. The van der Waals surface area contributed by atoms with Gasteiger partial charge in [-0.25, -0.2) is 4.79 Å². The van der Waals surface area contributed by atoms with Crippen LogP contribution in [0, 0.1) is 0 Å². The van der Waals surface area contributed by atoms with E-state index in [1.165, 1.54) is 6.42 Å². The van der Waals surface area contributed by atoms with Crippen LogP contribution in [0.2, 0.25) is 5.02 Å². The molecule has 0 fully saturated rings. The van der Waals surface area contributed by atoms with E-state index in [1.807, 2.05) is 5.32 Å². The van der Waals surface area contributed by atoms with Crippen molar-refractivity contribution in [2.75, 3.05) is 5.88 Å². The van der Waals surface area contributed by atoms with Crippen LogP contribution in [-0.4, -0.2) is 17.9 Å².